The standard InChI is InChI=1S/C14H21N/c1-10-7-11-5-6-13(14(2,3)4)8-12(11)9-15-10/h7,9,13H,5-6,8H2,1-4H3. The molecule has 1 aliphatic rings. The van der Waals surface area contributed by atoms with E-state index in [1.54, 1.807) is 0 Å². The molecule has 0 aliphatic heterocycles. The van der Waals surface area contributed by atoms with Crippen LogP contribution in [0.1, 0.15) is 44.0 Å². The molecule has 1 atom stereocenters. The predicted octanol–water partition coefficient (Wildman–Crippen LogP) is 3.54. The molecule has 1 heteroatoms. The van der Waals surface area contributed by atoms with Gasteiger partial charge in [0.2, 0.25) is 0 Å². The third kappa shape index (κ3) is 2.22. The Morgan fingerprint density at radius 2 is 2.00 bits per heavy atom. The molecule has 1 aromatic heterocycles. The SMILES string of the molecule is Cc1cc2c(cn1)CC(C(C)(C)C)CC2. The number of hydrogen-bond donors (Lipinski definition) is 0. The summed E-state index contributed by atoms with van der Waals surface area (Å²) in [6, 6.07) is 2.26. The Balaban J connectivity index is 2.24. The predicted molar refractivity (Wildman–Crippen MR) is 63.9 cm³/mol. The zero-order valence-corrected chi connectivity index (χ0v) is 10.3. The summed E-state index contributed by atoms with van der Waals surface area (Å²) >= 11 is 0. The van der Waals surface area contributed by atoms with Gasteiger partial charge in [0, 0.05) is 11.9 Å². The molecule has 15 heavy (non-hydrogen) atoms. The van der Waals surface area contributed by atoms with Gasteiger partial charge < -0.3 is 0 Å². The molecule has 0 aromatic carbocycles. The first-order chi connectivity index (χ1) is 6.97. The Kier molecular flexibility index (Phi) is 2.57. The van der Waals surface area contributed by atoms with Crippen molar-refractivity contribution in [1.82, 2.24) is 4.98 Å². The van der Waals surface area contributed by atoms with Gasteiger partial charge in [-0.05, 0) is 54.7 Å². The van der Waals surface area contributed by atoms with Crippen molar-refractivity contribution in [2.24, 2.45) is 11.3 Å². The van der Waals surface area contributed by atoms with E-state index in [2.05, 4.69) is 44.9 Å². The quantitative estimate of drug-likeness (QED) is 0.628. The van der Waals surface area contributed by atoms with Gasteiger partial charge in [-0.25, -0.2) is 0 Å². The van der Waals surface area contributed by atoms with Gasteiger partial charge in [-0.2, -0.15) is 0 Å². The second-order valence-corrected chi connectivity index (χ2v) is 5.90. The van der Waals surface area contributed by atoms with E-state index in [0.29, 0.717) is 5.41 Å². The third-order valence-electron chi connectivity index (χ3n) is 3.67. The Hall–Kier alpha value is -0.850. The molecular weight excluding hydrogens is 182 g/mol. The molecule has 0 radical (unpaired) electrons. The van der Waals surface area contributed by atoms with Crippen molar-refractivity contribution >= 4 is 0 Å². The molecule has 2 rings (SSSR count). The molecule has 0 amide bonds. The fraction of sp³-hybridized carbons (Fsp3) is 0.643. The molecule has 1 aromatic rings. The third-order valence-corrected chi connectivity index (χ3v) is 3.67. The molecule has 0 fully saturated rings. The van der Waals surface area contributed by atoms with Crippen LogP contribution in [-0.4, -0.2) is 4.98 Å². The van der Waals surface area contributed by atoms with Crippen LogP contribution in [0.25, 0.3) is 0 Å². The van der Waals surface area contributed by atoms with E-state index in [-0.39, 0.29) is 0 Å². The van der Waals surface area contributed by atoms with Crippen LogP contribution in [0.5, 0.6) is 0 Å². The summed E-state index contributed by atoms with van der Waals surface area (Å²) in [5.74, 6) is 0.814. The van der Waals surface area contributed by atoms with Crippen molar-refractivity contribution in [3.63, 3.8) is 0 Å². The lowest BCUT2D eigenvalue weighted by molar-refractivity contribution is 0.216. The molecule has 0 saturated carbocycles. The van der Waals surface area contributed by atoms with Crippen LogP contribution in [-0.2, 0) is 12.8 Å². The highest BCUT2D eigenvalue weighted by atomic mass is 14.7. The number of hydrogen-bond acceptors (Lipinski definition) is 1. The zero-order chi connectivity index (χ0) is 11.1. The second kappa shape index (κ2) is 3.62. The van der Waals surface area contributed by atoms with Crippen molar-refractivity contribution < 1.29 is 0 Å². The van der Waals surface area contributed by atoms with Crippen molar-refractivity contribution in [1.29, 1.82) is 0 Å². The van der Waals surface area contributed by atoms with Gasteiger partial charge in [-0.3, -0.25) is 4.98 Å². The molecule has 0 spiro atoms. The fourth-order valence-corrected chi connectivity index (χ4v) is 2.50. The van der Waals surface area contributed by atoms with Crippen LogP contribution in [0, 0.1) is 18.3 Å². The van der Waals surface area contributed by atoms with Crippen LogP contribution < -0.4 is 0 Å². The first-order valence-corrected chi connectivity index (χ1v) is 5.91. The lowest BCUT2D eigenvalue weighted by Gasteiger charge is -2.34. The monoisotopic (exact) mass is 203 g/mol. The number of rotatable bonds is 0. The van der Waals surface area contributed by atoms with E-state index in [4.69, 9.17) is 0 Å². The molecule has 0 saturated heterocycles. The van der Waals surface area contributed by atoms with E-state index >= 15 is 0 Å². The smallest absolute Gasteiger partial charge is 0.0375 e. The maximum absolute atomic E-state index is 4.41. The topological polar surface area (TPSA) is 12.9 Å². The van der Waals surface area contributed by atoms with Gasteiger partial charge in [-0.1, -0.05) is 20.8 Å². The Morgan fingerprint density at radius 1 is 1.27 bits per heavy atom. The summed E-state index contributed by atoms with van der Waals surface area (Å²) in [4.78, 5) is 4.41. The lowest BCUT2D eigenvalue weighted by atomic mass is 9.71. The number of aryl methyl sites for hydroxylation is 2. The summed E-state index contributed by atoms with van der Waals surface area (Å²) in [5, 5.41) is 0. The zero-order valence-electron chi connectivity index (χ0n) is 10.3. The van der Waals surface area contributed by atoms with E-state index in [0.717, 1.165) is 11.6 Å². The Labute approximate surface area is 92.9 Å². The molecule has 0 N–H and O–H groups in total. The molecule has 82 valence electrons. The highest BCUT2D eigenvalue weighted by Crippen LogP contribution is 2.36. The number of pyridine rings is 1. The van der Waals surface area contributed by atoms with Gasteiger partial charge in [-0.15, -0.1) is 0 Å². The molecule has 1 unspecified atom stereocenters. The van der Waals surface area contributed by atoms with Gasteiger partial charge >= 0.3 is 0 Å². The van der Waals surface area contributed by atoms with Gasteiger partial charge in [0.1, 0.15) is 0 Å². The van der Waals surface area contributed by atoms with E-state index in [1.165, 1.54) is 30.4 Å². The van der Waals surface area contributed by atoms with Crippen LogP contribution in [0.3, 0.4) is 0 Å². The average Bonchev–Trinajstić information content (AvgIpc) is 2.15. The molecule has 1 aliphatic carbocycles. The summed E-state index contributed by atoms with van der Waals surface area (Å²) in [7, 11) is 0. The van der Waals surface area contributed by atoms with Gasteiger partial charge in [0.25, 0.3) is 0 Å². The maximum Gasteiger partial charge on any atom is 0.0375 e. The lowest BCUT2D eigenvalue weighted by Crippen LogP contribution is -2.27. The summed E-state index contributed by atoms with van der Waals surface area (Å²) in [6.45, 7) is 9.13. The molecular formula is C14H21N. The normalized spacial score (nSPS) is 21.2. The largest absolute Gasteiger partial charge is 0.261 e. The van der Waals surface area contributed by atoms with E-state index < -0.39 is 0 Å². The van der Waals surface area contributed by atoms with Crippen LogP contribution in [0.2, 0.25) is 0 Å². The number of nitrogens with zero attached hydrogens (tertiary/aromatic N) is 1. The second-order valence-electron chi connectivity index (χ2n) is 5.90. The van der Waals surface area contributed by atoms with Gasteiger partial charge in [0.05, 0.1) is 0 Å². The minimum Gasteiger partial charge on any atom is -0.261 e. The molecule has 0 bridgehead atoms. The molecule has 1 nitrogen and oxygen atoms in total. The summed E-state index contributed by atoms with van der Waals surface area (Å²) in [6.07, 6.45) is 5.87. The summed E-state index contributed by atoms with van der Waals surface area (Å²) in [5.41, 5.74) is 4.60. The highest BCUT2D eigenvalue weighted by Gasteiger charge is 2.28. The Morgan fingerprint density at radius 3 is 2.67 bits per heavy atom. The van der Waals surface area contributed by atoms with Crippen molar-refractivity contribution in [2.75, 3.05) is 0 Å². The van der Waals surface area contributed by atoms with Crippen molar-refractivity contribution in [2.45, 2.75) is 47.0 Å². The van der Waals surface area contributed by atoms with Crippen LogP contribution >= 0.6 is 0 Å². The number of aromatic nitrogens is 1. The maximum atomic E-state index is 4.41. The molecule has 1 heterocycles. The number of fused-ring (bicyclic) bond motifs is 1. The van der Waals surface area contributed by atoms with E-state index in [9.17, 15) is 0 Å². The van der Waals surface area contributed by atoms with Crippen LogP contribution in [0.4, 0.5) is 0 Å². The average molecular weight is 203 g/mol. The van der Waals surface area contributed by atoms with Crippen molar-refractivity contribution in [3.05, 3.63) is 29.1 Å². The van der Waals surface area contributed by atoms with Crippen molar-refractivity contribution in [3.8, 4) is 0 Å². The van der Waals surface area contributed by atoms with E-state index in [1.807, 2.05) is 0 Å². The van der Waals surface area contributed by atoms with Gasteiger partial charge in [0.15, 0.2) is 0 Å². The fourth-order valence-electron chi connectivity index (χ4n) is 2.50. The van der Waals surface area contributed by atoms with Crippen LogP contribution in [0.15, 0.2) is 12.3 Å². The first-order valence-electron chi connectivity index (χ1n) is 5.91. The minimum absolute atomic E-state index is 0.433. The minimum atomic E-state index is 0.433. The summed E-state index contributed by atoms with van der Waals surface area (Å²) < 4.78 is 0. The first kappa shape index (κ1) is 10.7. The Bertz CT molecular complexity index is 360. The highest BCUT2D eigenvalue weighted by molar-refractivity contribution is 5.29.